The van der Waals surface area contributed by atoms with Crippen LogP contribution in [0.3, 0.4) is 0 Å². The molecule has 2 nitrogen and oxygen atoms in total. The number of aliphatic hydroxyl groups is 1. The minimum atomic E-state index is -0.355. The van der Waals surface area contributed by atoms with Gasteiger partial charge in [-0.2, -0.15) is 0 Å². The third-order valence-corrected chi connectivity index (χ3v) is 3.90. The summed E-state index contributed by atoms with van der Waals surface area (Å²) in [5, 5.41) is 13.9. The van der Waals surface area contributed by atoms with Crippen LogP contribution >= 0.6 is 0 Å². The predicted octanol–water partition coefficient (Wildman–Crippen LogP) is 2.81. The molecule has 0 amide bonds. The van der Waals surface area contributed by atoms with Gasteiger partial charge >= 0.3 is 0 Å². The van der Waals surface area contributed by atoms with E-state index in [1.54, 1.807) is 0 Å². The van der Waals surface area contributed by atoms with Crippen molar-refractivity contribution in [2.24, 2.45) is 5.92 Å². The summed E-state index contributed by atoms with van der Waals surface area (Å²) in [7, 11) is 0. The molecule has 0 aliphatic carbocycles. The highest BCUT2D eigenvalue weighted by Gasteiger charge is 2.26. The molecule has 2 heteroatoms. The summed E-state index contributed by atoms with van der Waals surface area (Å²) in [6.07, 6.45) is 3.38. The second kappa shape index (κ2) is 5.65. The zero-order valence-electron chi connectivity index (χ0n) is 10.8. The molecule has 1 heterocycles. The number of hydrogen-bond donors (Lipinski definition) is 2. The van der Waals surface area contributed by atoms with Crippen molar-refractivity contribution in [3.05, 3.63) is 35.4 Å². The van der Waals surface area contributed by atoms with Gasteiger partial charge in [0, 0.05) is 12.0 Å². The van der Waals surface area contributed by atoms with Crippen LogP contribution in [0.25, 0.3) is 0 Å². The van der Waals surface area contributed by atoms with Gasteiger partial charge in [-0.15, -0.1) is 0 Å². The first-order valence-corrected chi connectivity index (χ1v) is 6.66. The minimum absolute atomic E-state index is 0.276. The van der Waals surface area contributed by atoms with Crippen molar-refractivity contribution in [1.29, 1.82) is 0 Å². The van der Waals surface area contributed by atoms with Crippen molar-refractivity contribution >= 4 is 0 Å². The van der Waals surface area contributed by atoms with E-state index in [9.17, 15) is 5.11 Å². The Morgan fingerprint density at radius 1 is 1.24 bits per heavy atom. The van der Waals surface area contributed by atoms with Gasteiger partial charge in [0.25, 0.3) is 0 Å². The van der Waals surface area contributed by atoms with Crippen LogP contribution in [0.15, 0.2) is 24.3 Å². The maximum absolute atomic E-state index is 10.4. The Kier molecular flexibility index (Phi) is 4.19. The number of nitrogens with one attached hydrogen (secondary N) is 1. The number of aryl methyl sites for hydroxylation is 1. The topological polar surface area (TPSA) is 32.3 Å². The van der Waals surface area contributed by atoms with E-state index in [0.29, 0.717) is 6.04 Å². The molecule has 94 valence electrons. The maximum Gasteiger partial charge on any atom is 0.0830 e. The molecular weight excluding hydrogens is 210 g/mol. The van der Waals surface area contributed by atoms with E-state index in [1.165, 1.54) is 24.8 Å². The highest BCUT2D eigenvalue weighted by atomic mass is 16.3. The van der Waals surface area contributed by atoms with Gasteiger partial charge in [-0.25, -0.2) is 0 Å². The van der Waals surface area contributed by atoms with E-state index >= 15 is 0 Å². The fourth-order valence-corrected chi connectivity index (χ4v) is 2.61. The molecule has 1 saturated heterocycles. The van der Waals surface area contributed by atoms with Crippen molar-refractivity contribution in [2.75, 3.05) is 6.54 Å². The van der Waals surface area contributed by atoms with Crippen LogP contribution in [0.4, 0.5) is 0 Å². The monoisotopic (exact) mass is 233 g/mol. The molecule has 3 unspecified atom stereocenters. The van der Waals surface area contributed by atoms with Crippen molar-refractivity contribution in [2.45, 2.75) is 45.3 Å². The standard InChI is InChI=1S/C15H23NO/c1-11-6-8-13(9-7-11)15(17)12(2)14-5-3-4-10-16-14/h6-9,12,14-17H,3-5,10H2,1-2H3. The molecule has 3 atom stereocenters. The van der Waals surface area contributed by atoms with Crippen molar-refractivity contribution in [1.82, 2.24) is 5.32 Å². The smallest absolute Gasteiger partial charge is 0.0830 e. The quantitative estimate of drug-likeness (QED) is 0.841. The van der Waals surface area contributed by atoms with E-state index in [4.69, 9.17) is 0 Å². The molecule has 1 aromatic carbocycles. The van der Waals surface area contributed by atoms with Crippen molar-refractivity contribution in [3.8, 4) is 0 Å². The number of rotatable bonds is 3. The molecule has 0 aromatic heterocycles. The van der Waals surface area contributed by atoms with E-state index in [0.717, 1.165) is 12.1 Å². The lowest BCUT2D eigenvalue weighted by atomic mass is 9.86. The fraction of sp³-hybridized carbons (Fsp3) is 0.600. The highest BCUT2D eigenvalue weighted by Crippen LogP contribution is 2.28. The zero-order valence-corrected chi connectivity index (χ0v) is 10.8. The Balaban J connectivity index is 2.02. The van der Waals surface area contributed by atoms with Crippen molar-refractivity contribution in [3.63, 3.8) is 0 Å². The summed E-state index contributed by atoms with van der Waals surface area (Å²) in [6, 6.07) is 8.68. The summed E-state index contributed by atoms with van der Waals surface area (Å²) in [6.45, 7) is 5.31. The van der Waals surface area contributed by atoms with Crippen LogP contribution in [0, 0.1) is 12.8 Å². The van der Waals surface area contributed by atoms with Gasteiger partial charge in [-0.05, 0) is 31.9 Å². The SMILES string of the molecule is Cc1ccc(C(O)C(C)C2CCCCN2)cc1. The first-order chi connectivity index (χ1) is 8.18. The Hall–Kier alpha value is -0.860. The zero-order chi connectivity index (χ0) is 12.3. The molecule has 0 bridgehead atoms. The van der Waals surface area contributed by atoms with Gasteiger partial charge in [-0.1, -0.05) is 43.2 Å². The van der Waals surface area contributed by atoms with Crippen LogP contribution in [0.5, 0.6) is 0 Å². The summed E-state index contributed by atoms with van der Waals surface area (Å²) < 4.78 is 0. The average Bonchev–Trinajstić information content (AvgIpc) is 2.39. The van der Waals surface area contributed by atoms with E-state index < -0.39 is 0 Å². The second-order valence-corrected chi connectivity index (χ2v) is 5.27. The molecule has 1 aliphatic rings. The molecular formula is C15H23NO. The molecule has 1 aromatic rings. The largest absolute Gasteiger partial charge is 0.388 e. The van der Waals surface area contributed by atoms with Gasteiger partial charge in [0.1, 0.15) is 0 Å². The van der Waals surface area contributed by atoms with Gasteiger partial charge in [0.2, 0.25) is 0 Å². The first kappa shape index (κ1) is 12.6. The Labute approximate surface area is 104 Å². The van der Waals surface area contributed by atoms with Crippen LogP contribution in [0.1, 0.15) is 43.4 Å². The lowest BCUT2D eigenvalue weighted by Crippen LogP contribution is -2.41. The number of benzene rings is 1. The molecule has 17 heavy (non-hydrogen) atoms. The Morgan fingerprint density at radius 3 is 2.53 bits per heavy atom. The third-order valence-electron chi connectivity index (χ3n) is 3.90. The summed E-state index contributed by atoms with van der Waals surface area (Å²) in [5.41, 5.74) is 2.28. The summed E-state index contributed by atoms with van der Waals surface area (Å²) in [5.74, 6) is 0.276. The molecule has 2 rings (SSSR count). The van der Waals surface area contributed by atoms with Crippen LogP contribution in [-0.2, 0) is 0 Å². The van der Waals surface area contributed by atoms with Crippen LogP contribution in [0.2, 0.25) is 0 Å². The second-order valence-electron chi connectivity index (χ2n) is 5.27. The number of piperidine rings is 1. The van der Waals surface area contributed by atoms with E-state index in [2.05, 4.69) is 31.3 Å². The summed E-state index contributed by atoms with van der Waals surface area (Å²) >= 11 is 0. The molecule has 0 radical (unpaired) electrons. The number of hydrogen-bond acceptors (Lipinski definition) is 2. The molecule has 0 saturated carbocycles. The lowest BCUT2D eigenvalue weighted by molar-refractivity contribution is 0.0864. The first-order valence-electron chi connectivity index (χ1n) is 6.66. The fourth-order valence-electron chi connectivity index (χ4n) is 2.61. The van der Waals surface area contributed by atoms with E-state index in [1.807, 2.05) is 12.1 Å². The third kappa shape index (κ3) is 3.08. The van der Waals surface area contributed by atoms with Gasteiger partial charge < -0.3 is 10.4 Å². The van der Waals surface area contributed by atoms with Gasteiger partial charge in [-0.3, -0.25) is 0 Å². The molecule has 2 N–H and O–H groups in total. The van der Waals surface area contributed by atoms with Gasteiger partial charge in [0.15, 0.2) is 0 Å². The Bertz CT molecular complexity index is 340. The maximum atomic E-state index is 10.4. The molecule has 1 fully saturated rings. The van der Waals surface area contributed by atoms with Crippen molar-refractivity contribution < 1.29 is 5.11 Å². The minimum Gasteiger partial charge on any atom is -0.388 e. The number of aliphatic hydroxyl groups excluding tert-OH is 1. The summed E-state index contributed by atoms with van der Waals surface area (Å²) in [4.78, 5) is 0. The average molecular weight is 233 g/mol. The van der Waals surface area contributed by atoms with E-state index in [-0.39, 0.29) is 12.0 Å². The van der Waals surface area contributed by atoms with Crippen LogP contribution in [-0.4, -0.2) is 17.7 Å². The normalized spacial score (nSPS) is 24.3. The lowest BCUT2D eigenvalue weighted by Gasteiger charge is -2.32. The predicted molar refractivity (Wildman–Crippen MR) is 70.9 cm³/mol. The van der Waals surface area contributed by atoms with Crippen LogP contribution < -0.4 is 5.32 Å². The Morgan fingerprint density at radius 2 is 1.94 bits per heavy atom. The van der Waals surface area contributed by atoms with Gasteiger partial charge in [0.05, 0.1) is 6.10 Å². The highest BCUT2D eigenvalue weighted by molar-refractivity contribution is 5.23. The molecule has 1 aliphatic heterocycles. The molecule has 0 spiro atoms.